The fourth-order valence-electron chi connectivity index (χ4n) is 0.770. The molecule has 1 aliphatic carbocycles. The van der Waals surface area contributed by atoms with E-state index in [1.807, 2.05) is 72.9 Å². The Hall–Kier alpha value is -1.56. The minimum Gasteiger partial charge on any atom is -0.0623 e. The van der Waals surface area contributed by atoms with Crippen LogP contribution in [0.2, 0.25) is 0 Å². The van der Waals surface area contributed by atoms with Crippen LogP contribution in [-0.2, 0) is 0 Å². The number of allylic oxidation sites excluding steroid dienone is 12. The second kappa shape index (κ2) is 6.17. The molecule has 0 aliphatic heterocycles. The quantitative estimate of drug-likeness (QED) is 0.504. The Labute approximate surface area is 73.6 Å². The molecule has 0 aromatic rings. The second-order valence-electron chi connectivity index (χ2n) is 2.31. The zero-order chi connectivity index (χ0) is 8.49. The van der Waals surface area contributed by atoms with Crippen LogP contribution >= 0.6 is 0 Å². The molecule has 0 aromatic heterocycles. The molecule has 0 amide bonds. The molecule has 0 fully saturated rings. The SMILES string of the molecule is C1=C/C=C/C=C/C=C/C=C/C=C1. The first-order valence-corrected chi connectivity index (χ1v) is 4.00. The highest BCUT2D eigenvalue weighted by Gasteiger charge is 1.65. The van der Waals surface area contributed by atoms with E-state index < -0.39 is 0 Å². The van der Waals surface area contributed by atoms with Gasteiger partial charge in [0.05, 0.1) is 0 Å². The summed E-state index contributed by atoms with van der Waals surface area (Å²) in [4.78, 5) is 0. The Morgan fingerprint density at radius 1 is 0.167 bits per heavy atom. The van der Waals surface area contributed by atoms with E-state index in [0.29, 0.717) is 0 Å². The summed E-state index contributed by atoms with van der Waals surface area (Å²) in [6.45, 7) is 0. The molecule has 0 aromatic carbocycles. The second-order valence-corrected chi connectivity index (χ2v) is 2.31. The van der Waals surface area contributed by atoms with Gasteiger partial charge < -0.3 is 0 Å². The Balaban J connectivity index is 2.67. The topological polar surface area (TPSA) is 0 Å². The van der Waals surface area contributed by atoms with Crippen LogP contribution in [0, 0.1) is 0 Å². The molecular weight excluding hydrogens is 144 g/mol. The lowest BCUT2D eigenvalue weighted by atomic mass is 10.3. The van der Waals surface area contributed by atoms with Gasteiger partial charge in [0.1, 0.15) is 0 Å². The molecule has 0 radical (unpaired) electrons. The van der Waals surface area contributed by atoms with E-state index in [1.165, 1.54) is 0 Å². The van der Waals surface area contributed by atoms with E-state index in [4.69, 9.17) is 0 Å². The fraction of sp³-hybridized carbons (Fsp3) is 0. The number of hydrogen-bond acceptors (Lipinski definition) is 0. The lowest BCUT2D eigenvalue weighted by molar-refractivity contribution is 1.81. The van der Waals surface area contributed by atoms with E-state index in [9.17, 15) is 0 Å². The van der Waals surface area contributed by atoms with Gasteiger partial charge in [0.15, 0.2) is 0 Å². The van der Waals surface area contributed by atoms with Gasteiger partial charge in [-0.15, -0.1) is 0 Å². The van der Waals surface area contributed by atoms with Gasteiger partial charge >= 0.3 is 0 Å². The molecule has 0 bridgehead atoms. The third-order valence-electron chi connectivity index (χ3n) is 1.33. The van der Waals surface area contributed by atoms with Crippen LogP contribution in [0.3, 0.4) is 0 Å². The maximum atomic E-state index is 2.00. The lowest BCUT2D eigenvalue weighted by Gasteiger charge is -1.77. The van der Waals surface area contributed by atoms with Crippen LogP contribution < -0.4 is 0 Å². The summed E-state index contributed by atoms with van der Waals surface area (Å²) in [5.41, 5.74) is 0. The van der Waals surface area contributed by atoms with Crippen molar-refractivity contribution in [2.24, 2.45) is 0 Å². The Kier molecular flexibility index (Phi) is 4.39. The van der Waals surface area contributed by atoms with Crippen molar-refractivity contribution in [3.8, 4) is 0 Å². The first-order chi connectivity index (χ1) is 6.00. The van der Waals surface area contributed by atoms with E-state index in [2.05, 4.69) is 0 Å². The molecule has 0 N–H and O–H groups in total. The maximum absolute atomic E-state index is 2.00. The van der Waals surface area contributed by atoms with Gasteiger partial charge in [-0.1, -0.05) is 72.9 Å². The van der Waals surface area contributed by atoms with Crippen LogP contribution in [0.25, 0.3) is 0 Å². The van der Waals surface area contributed by atoms with E-state index in [-0.39, 0.29) is 0 Å². The van der Waals surface area contributed by atoms with Crippen molar-refractivity contribution < 1.29 is 0 Å². The average Bonchev–Trinajstić information content (AvgIpc) is 2.05. The van der Waals surface area contributed by atoms with E-state index in [0.717, 1.165) is 0 Å². The van der Waals surface area contributed by atoms with Crippen molar-refractivity contribution in [2.75, 3.05) is 0 Å². The first-order valence-electron chi connectivity index (χ1n) is 4.00. The summed E-state index contributed by atoms with van der Waals surface area (Å²) in [5, 5.41) is 0. The highest BCUT2D eigenvalue weighted by molar-refractivity contribution is 5.23. The Morgan fingerprint density at radius 2 is 0.250 bits per heavy atom. The molecule has 0 saturated heterocycles. The molecule has 0 saturated carbocycles. The van der Waals surface area contributed by atoms with Gasteiger partial charge in [0.25, 0.3) is 0 Å². The molecule has 0 heterocycles. The van der Waals surface area contributed by atoms with Crippen molar-refractivity contribution in [2.45, 2.75) is 0 Å². The van der Waals surface area contributed by atoms with Crippen molar-refractivity contribution in [1.82, 2.24) is 0 Å². The average molecular weight is 156 g/mol. The first kappa shape index (κ1) is 8.54. The van der Waals surface area contributed by atoms with Crippen LogP contribution in [-0.4, -0.2) is 0 Å². The van der Waals surface area contributed by atoms with Crippen molar-refractivity contribution >= 4 is 0 Å². The Morgan fingerprint density at radius 3 is 0.333 bits per heavy atom. The van der Waals surface area contributed by atoms with Crippen LogP contribution in [0.1, 0.15) is 0 Å². The van der Waals surface area contributed by atoms with Crippen molar-refractivity contribution in [3.63, 3.8) is 0 Å². The van der Waals surface area contributed by atoms with Crippen LogP contribution in [0.4, 0.5) is 0 Å². The van der Waals surface area contributed by atoms with Gasteiger partial charge in [0.2, 0.25) is 0 Å². The summed E-state index contributed by atoms with van der Waals surface area (Å²) >= 11 is 0. The van der Waals surface area contributed by atoms with Gasteiger partial charge in [-0.3, -0.25) is 0 Å². The number of hydrogen-bond donors (Lipinski definition) is 0. The van der Waals surface area contributed by atoms with E-state index >= 15 is 0 Å². The fourth-order valence-corrected chi connectivity index (χ4v) is 0.770. The summed E-state index contributed by atoms with van der Waals surface area (Å²) in [6, 6.07) is 0. The third kappa shape index (κ3) is 4.29. The third-order valence-corrected chi connectivity index (χ3v) is 1.33. The summed E-state index contributed by atoms with van der Waals surface area (Å²) < 4.78 is 0. The van der Waals surface area contributed by atoms with Crippen molar-refractivity contribution in [3.05, 3.63) is 72.9 Å². The summed E-state index contributed by atoms with van der Waals surface area (Å²) in [7, 11) is 0. The molecule has 1 aliphatic rings. The molecule has 0 nitrogen and oxygen atoms in total. The van der Waals surface area contributed by atoms with Crippen LogP contribution in [0.5, 0.6) is 0 Å². The predicted octanol–water partition coefficient (Wildman–Crippen LogP) is 3.34. The monoisotopic (exact) mass is 156 g/mol. The summed E-state index contributed by atoms with van der Waals surface area (Å²) in [6.07, 6.45) is 24.0. The normalized spacial score (nSPS) is 26.7. The largest absolute Gasteiger partial charge is 0.0623 e. The smallest absolute Gasteiger partial charge is 0.0623 e. The maximum Gasteiger partial charge on any atom is -0.0623 e. The molecule has 0 unspecified atom stereocenters. The van der Waals surface area contributed by atoms with Gasteiger partial charge in [-0.25, -0.2) is 0 Å². The van der Waals surface area contributed by atoms with Crippen molar-refractivity contribution in [1.29, 1.82) is 0 Å². The van der Waals surface area contributed by atoms with Gasteiger partial charge in [-0.05, 0) is 0 Å². The van der Waals surface area contributed by atoms with E-state index in [1.54, 1.807) is 0 Å². The van der Waals surface area contributed by atoms with Gasteiger partial charge in [0, 0.05) is 0 Å². The summed E-state index contributed by atoms with van der Waals surface area (Å²) in [5.74, 6) is 0. The molecular formula is C12H12. The zero-order valence-corrected chi connectivity index (χ0v) is 6.93. The zero-order valence-electron chi connectivity index (χ0n) is 6.93. The standard InChI is InChI=1S/C12H12/c1-2-4-6-8-10-12-11-9-7-5-3-1/h1-12H/b2-1+,3-1?,4-2?,5-3+,6-4+,7-5?,8-6?,9-7+,10-8?,11-9?,12-10?,12-11?. The highest BCUT2D eigenvalue weighted by atomic mass is 13.7. The Bertz CT molecular complexity index is 169. The molecule has 60 valence electrons. The van der Waals surface area contributed by atoms with Crippen LogP contribution in [0.15, 0.2) is 72.9 Å². The molecule has 0 heteroatoms. The van der Waals surface area contributed by atoms with Gasteiger partial charge in [-0.2, -0.15) is 0 Å². The molecule has 0 spiro atoms. The minimum atomic E-state index is 2.00. The highest BCUT2D eigenvalue weighted by Crippen LogP contribution is 1.87. The minimum absolute atomic E-state index is 2.00. The number of rotatable bonds is 0. The molecule has 1 rings (SSSR count). The lowest BCUT2D eigenvalue weighted by Crippen LogP contribution is -1.55. The predicted molar refractivity (Wildman–Crippen MR) is 54.8 cm³/mol. The molecule has 0 atom stereocenters. The molecule has 12 heavy (non-hydrogen) atoms.